The average Bonchev–Trinajstić information content (AvgIpc) is 2.87. The number of aromatic nitrogens is 7. The quantitative estimate of drug-likeness (QED) is 0.702. The Labute approximate surface area is 102 Å². The first-order valence-corrected chi connectivity index (χ1v) is 5.36. The van der Waals surface area contributed by atoms with Crippen LogP contribution in [0.15, 0.2) is 24.8 Å². The van der Waals surface area contributed by atoms with Gasteiger partial charge >= 0.3 is 0 Å². The zero-order valence-corrected chi connectivity index (χ0v) is 9.65. The largest absolute Gasteiger partial charge is 0.363 e. The monoisotopic (exact) mass is 242 g/mol. The van der Waals surface area contributed by atoms with Crippen molar-refractivity contribution in [1.29, 1.82) is 0 Å². The first-order valence-electron chi connectivity index (χ1n) is 5.36. The molecule has 0 unspecified atom stereocenters. The van der Waals surface area contributed by atoms with Gasteiger partial charge in [0, 0.05) is 6.20 Å². The molecule has 8 heteroatoms. The summed E-state index contributed by atoms with van der Waals surface area (Å²) in [4.78, 5) is 12.5. The second kappa shape index (κ2) is 4.32. The van der Waals surface area contributed by atoms with Gasteiger partial charge in [0.15, 0.2) is 11.5 Å². The maximum Gasteiger partial charge on any atom is 0.199 e. The van der Waals surface area contributed by atoms with E-state index in [9.17, 15) is 0 Å². The van der Waals surface area contributed by atoms with Gasteiger partial charge in [-0.3, -0.25) is 15.0 Å². The van der Waals surface area contributed by atoms with Crippen LogP contribution in [0.4, 0.5) is 5.82 Å². The van der Waals surface area contributed by atoms with Crippen LogP contribution < -0.4 is 5.32 Å². The Balaban J connectivity index is 1.80. The van der Waals surface area contributed by atoms with Crippen LogP contribution >= 0.6 is 0 Å². The topological polar surface area (TPSA) is 93.8 Å². The Morgan fingerprint density at radius 2 is 2.11 bits per heavy atom. The summed E-state index contributed by atoms with van der Waals surface area (Å²) in [7, 11) is 0. The molecule has 0 fully saturated rings. The number of tetrazole rings is 1. The number of hydrogen-bond donors (Lipinski definition) is 1. The van der Waals surface area contributed by atoms with Crippen molar-refractivity contribution >= 4 is 11.5 Å². The molecule has 18 heavy (non-hydrogen) atoms. The lowest BCUT2D eigenvalue weighted by Gasteiger charge is -2.05. The van der Waals surface area contributed by atoms with Crippen molar-refractivity contribution in [1.82, 2.24) is 35.0 Å². The molecular weight excluding hydrogens is 232 g/mol. The second-order valence-electron chi connectivity index (χ2n) is 3.74. The Morgan fingerprint density at radius 1 is 1.17 bits per heavy atom. The Bertz CT molecular complexity index is 659. The minimum absolute atomic E-state index is 0.536. The van der Waals surface area contributed by atoms with Crippen LogP contribution in [0.2, 0.25) is 0 Å². The van der Waals surface area contributed by atoms with Gasteiger partial charge < -0.3 is 5.32 Å². The molecule has 0 atom stereocenters. The SMILES string of the molecule is Cc1cnc(CNc2cncc3nnnn23)cn1. The van der Waals surface area contributed by atoms with Crippen LogP contribution in [0.3, 0.4) is 0 Å². The third kappa shape index (κ3) is 1.95. The Hall–Kier alpha value is -2.64. The number of rotatable bonds is 3. The fourth-order valence-corrected chi connectivity index (χ4v) is 1.49. The van der Waals surface area contributed by atoms with Gasteiger partial charge in [0.1, 0.15) is 0 Å². The normalized spacial score (nSPS) is 10.7. The van der Waals surface area contributed by atoms with E-state index in [1.54, 1.807) is 29.3 Å². The fraction of sp³-hybridized carbons (Fsp3) is 0.200. The van der Waals surface area contributed by atoms with Crippen molar-refractivity contribution in [3.8, 4) is 0 Å². The molecule has 3 aromatic rings. The standard InChI is InChI=1S/C10H10N8/c1-7-2-13-8(3-12-7)4-14-9-5-11-6-10-15-16-17-18(9)10/h2-3,5-6,14H,4H2,1H3. The summed E-state index contributed by atoms with van der Waals surface area (Å²) < 4.78 is 1.58. The van der Waals surface area contributed by atoms with E-state index < -0.39 is 0 Å². The molecule has 3 aromatic heterocycles. The van der Waals surface area contributed by atoms with E-state index >= 15 is 0 Å². The number of nitrogens with zero attached hydrogens (tertiary/aromatic N) is 7. The van der Waals surface area contributed by atoms with Gasteiger partial charge in [-0.15, -0.1) is 5.10 Å². The summed E-state index contributed by atoms with van der Waals surface area (Å²) in [5.41, 5.74) is 2.32. The molecule has 1 N–H and O–H groups in total. The highest BCUT2D eigenvalue weighted by molar-refractivity contribution is 5.43. The molecule has 90 valence electrons. The van der Waals surface area contributed by atoms with Crippen molar-refractivity contribution in [3.63, 3.8) is 0 Å². The third-order valence-corrected chi connectivity index (χ3v) is 2.39. The molecule has 0 amide bonds. The molecular formula is C10H10N8. The second-order valence-corrected chi connectivity index (χ2v) is 3.74. The molecule has 0 aliphatic carbocycles. The lowest BCUT2D eigenvalue weighted by atomic mass is 10.4. The zero-order valence-electron chi connectivity index (χ0n) is 9.65. The summed E-state index contributed by atoms with van der Waals surface area (Å²) in [6.07, 6.45) is 6.71. The van der Waals surface area contributed by atoms with Crippen LogP contribution in [-0.4, -0.2) is 35.0 Å². The van der Waals surface area contributed by atoms with Crippen molar-refractivity contribution < 1.29 is 0 Å². The first-order chi connectivity index (χ1) is 8.83. The van der Waals surface area contributed by atoms with Gasteiger partial charge in [-0.25, -0.2) is 0 Å². The van der Waals surface area contributed by atoms with E-state index in [1.807, 2.05) is 6.92 Å². The van der Waals surface area contributed by atoms with Gasteiger partial charge in [-0.2, -0.15) is 4.52 Å². The average molecular weight is 242 g/mol. The molecule has 0 saturated carbocycles. The fourth-order valence-electron chi connectivity index (χ4n) is 1.49. The number of anilines is 1. The van der Waals surface area contributed by atoms with E-state index in [4.69, 9.17) is 0 Å². The lowest BCUT2D eigenvalue weighted by Crippen LogP contribution is -2.07. The predicted octanol–water partition coefficient (Wildman–Crippen LogP) is 0.230. The summed E-state index contributed by atoms with van der Waals surface area (Å²) in [6.45, 7) is 2.43. The van der Waals surface area contributed by atoms with Gasteiger partial charge in [0.2, 0.25) is 0 Å². The maximum atomic E-state index is 4.25. The molecule has 0 spiro atoms. The molecule has 0 radical (unpaired) electrons. The third-order valence-electron chi connectivity index (χ3n) is 2.39. The van der Waals surface area contributed by atoms with Crippen molar-refractivity contribution in [2.24, 2.45) is 0 Å². The van der Waals surface area contributed by atoms with Gasteiger partial charge in [-0.05, 0) is 17.4 Å². The van der Waals surface area contributed by atoms with Crippen LogP contribution in [0.5, 0.6) is 0 Å². The number of fused-ring (bicyclic) bond motifs is 1. The zero-order chi connectivity index (χ0) is 12.4. The molecule has 0 aliphatic heterocycles. The number of aryl methyl sites for hydroxylation is 1. The van der Waals surface area contributed by atoms with Crippen LogP contribution in [0, 0.1) is 6.92 Å². The summed E-state index contributed by atoms with van der Waals surface area (Å²) in [5, 5.41) is 14.4. The van der Waals surface area contributed by atoms with E-state index in [0.717, 1.165) is 11.4 Å². The molecule has 3 heterocycles. The van der Waals surface area contributed by atoms with Gasteiger partial charge in [0.25, 0.3) is 0 Å². The number of nitrogens with one attached hydrogen (secondary N) is 1. The summed E-state index contributed by atoms with van der Waals surface area (Å²) in [6, 6.07) is 0. The van der Waals surface area contributed by atoms with E-state index in [2.05, 4.69) is 35.8 Å². The van der Waals surface area contributed by atoms with E-state index in [-0.39, 0.29) is 0 Å². The van der Waals surface area contributed by atoms with Crippen LogP contribution in [0.25, 0.3) is 5.65 Å². The Morgan fingerprint density at radius 3 is 2.94 bits per heavy atom. The van der Waals surface area contributed by atoms with Gasteiger partial charge in [-0.1, -0.05) is 0 Å². The van der Waals surface area contributed by atoms with Crippen molar-refractivity contribution in [2.75, 3.05) is 5.32 Å². The molecule has 3 rings (SSSR count). The van der Waals surface area contributed by atoms with Crippen LogP contribution in [-0.2, 0) is 6.54 Å². The smallest absolute Gasteiger partial charge is 0.199 e. The maximum absolute atomic E-state index is 4.25. The van der Waals surface area contributed by atoms with E-state index in [0.29, 0.717) is 18.0 Å². The highest BCUT2D eigenvalue weighted by atomic mass is 15.5. The Kier molecular flexibility index (Phi) is 2.52. The highest BCUT2D eigenvalue weighted by Gasteiger charge is 2.03. The molecule has 0 bridgehead atoms. The minimum Gasteiger partial charge on any atom is -0.363 e. The molecule has 0 aromatic carbocycles. The lowest BCUT2D eigenvalue weighted by molar-refractivity contribution is 0.817. The predicted molar refractivity (Wildman–Crippen MR) is 62.7 cm³/mol. The molecule has 0 aliphatic rings. The summed E-state index contributed by atoms with van der Waals surface area (Å²) in [5.74, 6) is 0.708. The first kappa shape index (κ1) is 10.5. The minimum atomic E-state index is 0.536. The summed E-state index contributed by atoms with van der Waals surface area (Å²) >= 11 is 0. The van der Waals surface area contributed by atoms with Crippen molar-refractivity contribution in [2.45, 2.75) is 13.5 Å². The number of hydrogen-bond acceptors (Lipinski definition) is 7. The van der Waals surface area contributed by atoms with Crippen LogP contribution in [0.1, 0.15) is 11.4 Å². The van der Waals surface area contributed by atoms with Gasteiger partial charge in [0.05, 0.1) is 36.5 Å². The van der Waals surface area contributed by atoms with E-state index in [1.165, 1.54) is 0 Å². The van der Waals surface area contributed by atoms with Crippen molar-refractivity contribution in [3.05, 3.63) is 36.2 Å². The molecule has 8 nitrogen and oxygen atoms in total. The highest BCUT2D eigenvalue weighted by Crippen LogP contribution is 2.07. The molecule has 0 saturated heterocycles.